The first kappa shape index (κ1) is 30.4. The minimum absolute atomic E-state index is 0.236. The van der Waals surface area contributed by atoms with Crippen molar-refractivity contribution in [2.75, 3.05) is 39.6 Å². The van der Waals surface area contributed by atoms with Crippen molar-refractivity contribution >= 4 is 35.8 Å². The first-order valence-corrected chi connectivity index (χ1v) is 13.8. The molecule has 0 spiro atoms. The summed E-state index contributed by atoms with van der Waals surface area (Å²) in [5.74, 6) is -7.54. The zero-order valence-corrected chi connectivity index (χ0v) is 22.4. The predicted molar refractivity (Wildman–Crippen MR) is 131 cm³/mol. The average molecular weight is 555 g/mol. The minimum atomic E-state index is -1.20. The Morgan fingerprint density at radius 2 is 0.923 bits per heavy atom. The number of ether oxygens (including phenoxy) is 6. The van der Waals surface area contributed by atoms with Crippen molar-refractivity contribution in [1.82, 2.24) is 0 Å². The molecule has 0 saturated carbocycles. The van der Waals surface area contributed by atoms with Gasteiger partial charge in [-0.2, -0.15) is 0 Å². The van der Waals surface area contributed by atoms with Gasteiger partial charge >= 0.3 is 35.8 Å². The van der Waals surface area contributed by atoms with E-state index in [0.717, 1.165) is 0 Å². The highest BCUT2D eigenvalue weighted by Gasteiger charge is 2.40. The molecular weight excluding hydrogens is 516 g/mol. The largest absolute Gasteiger partial charge is 0.465 e. The SMILES string of the molecule is CCC(COC(=O)C1CCCCOC1=O)(COC(=O)C1CCCCOC1=O)COC(=O)C1CCCCOC1=O. The lowest BCUT2D eigenvalue weighted by molar-refractivity contribution is -0.172. The van der Waals surface area contributed by atoms with Gasteiger partial charge < -0.3 is 28.4 Å². The van der Waals surface area contributed by atoms with Crippen LogP contribution < -0.4 is 0 Å². The molecule has 3 unspecified atom stereocenters. The highest BCUT2D eigenvalue weighted by atomic mass is 16.6. The van der Waals surface area contributed by atoms with Gasteiger partial charge in [-0.25, -0.2) is 0 Å². The molecule has 12 heteroatoms. The van der Waals surface area contributed by atoms with Crippen molar-refractivity contribution < 1.29 is 57.2 Å². The molecule has 0 aliphatic carbocycles. The molecule has 3 aliphatic heterocycles. The van der Waals surface area contributed by atoms with Crippen molar-refractivity contribution in [3.63, 3.8) is 0 Å². The number of rotatable bonds is 10. The van der Waals surface area contributed by atoms with Gasteiger partial charge in [-0.15, -0.1) is 0 Å². The Bertz CT molecular complexity index is 800. The second-order valence-corrected chi connectivity index (χ2v) is 10.3. The minimum Gasteiger partial charge on any atom is -0.465 e. The van der Waals surface area contributed by atoms with Crippen molar-refractivity contribution in [3.8, 4) is 0 Å². The summed E-state index contributed by atoms with van der Waals surface area (Å²) in [5.41, 5.74) is -1.20. The molecule has 3 aliphatic rings. The zero-order valence-electron chi connectivity index (χ0n) is 22.4. The zero-order chi connectivity index (χ0) is 28.3. The van der Waals surface area contributed by atoms with Gasteiger partial charge in [0.2, 0.25) is 0 Å². The average Bonchev–Trinajstić information content (AvgIpc) is 3.38. The Morgan fingerprint density at radius 1 is 0.615 bits per heavy atom. The van der Waals surface area contributed by atoms with E-state index in [-0.39, 0.29) is 65.3 Å². The summed E-state index contributed by atoms with van der Waals surface area (Å²) >= 11 is 0. The van der Waals surface area contributed by atoms with Gasteiger partial charge in [-0.3, -0.25) is 28.8 Å². The number of carbonyl (C=O) groups excluding carboxylic acids is 6. The Hall–Kier alpha value is -3.18. The van der Waals surface area contributed by atoms with Crippen LogP contribution in [0.1, 0.15) is 71.1 Å². The van der Waals surface area contributed by atoms with Gasteiger partial charge in [-0.05, 0) is 64.2 Å². The summed E-state index contributed by atoms with van der Waals surface area (Å²) in [6.07, 6.45) is 4.89. The van der Waals surface area contributed by atoms with E-state index < -0.39 is 59.0 Å². The van der Waals surface area contributed by atoms with Crippen molar-refractivity contribution in [3.05, 3.63) is 0 Å². The Kier molecular flexibility index (Phi) is 11.5. The van der Waals surface area contributed by atoms with E-state index in [1.807, 2.05) is 0 Å². The fourth-order valence-electron chi connectivity index (χ4n) is 4.57. The first-order chi connectivity index (χ1) is 18.8. The molecule has 218 valence electrons. The second kappa shape index (κ2) is 14.8. The van der Waals surface area contributed by atoms with Crippen LogP contribution in [0.3, 0.4) is 0 Å². The maximum absolute atomic E-state index is 12.8. The highest BCUT2D eigenvalue weighted by molar-refractivity contribution is 5.96. The molecule has 0 N–H and O–H groups in total. The van der Waals surface area contributed by atoms with E-state index in [0.29, 0.717) is 38.5 Å². The Balaban J connectivity index is 1.70. The molecule has 0 aromatic heterocycles. The van der Waals surface area contributed by atoms with Crippen LogP contribution in [0.4, 0.5) is 0 Å². The van der Waals surface area contributed by atoms with E-state index in [2.05, 4.69) is 0 Å². The van der Waals surface area contributed by atoms with Crippen LogP contribution >= 0.6 is 0 Å². The number of esters is 6. The third-order valence-corrected chi connectivity index (χ3v) is 7.41. The summed E-state index contributed by atoms with van der Waals surface area (Å²) in [6, 6.07) is 0. The molecule has 3 fully saturated rings. The Morgan fingerprint density at radius 3 is 1.21 bits per heavy atom. The van der Waals surface area contributed by atoms with E-state index in [4.69, 9.17) is 28.4 Å². The predicted octanol–water partition coefficient (Wildman–Crippen LogP) is 2.04. The molecule has 0 amide bonds. The van der Waals surface area contributed by atoms with Crippen LogP contribution in [-0.4, -0.2) is 75.5 Å². The maximum Gasteiger partial charge on any atom is 0.320 e. The second-order valence-electron chi connectivity index (χ2n) is 10.3. The molecular formula is C27H38O12. The topological polar surface area (TPSA) is 158 Å². The lowest BCUT2D eigenvalue weighted by Crippen LogP contribution is -2.42. The molecule has 12 nitrogen and oxygen atoms in total. The van der Waals surface area contributed by atoms with Crippen LogP contribution in [0.25, 0.3) is 0 Å². The summed E-state index contributed by atoms with van der Waals surface area (Å²) in [5, 5.41) is 0. The molecule has 0 aromatic carbocycles. The molecule has 0 bridgehead atoms. The lowest BCUT2D eigenvalue weighted by Gasteiger charge is -2.32. The monoisotopic (exact) mass is 554 g/mol. The number of cyclic esters (lactones) is 3. The maximum atomic E-state index is 12.8. The summed E-state index contributed by atoms with van der Waals surface area (Å²) in [7, 11) is 0. The number of hydrogen-bond acceptors (Lipinski definition) is 12. The van der Waals surface area contributed by atoms with Crippen molar-refractivity contribution in [2.24, 2.45) is 23.2 Å². The van der Waals surface area contributed by atoms with Crippen molar-refractivity contribution in [1.29, 1.82) is 0 Å². The lowest BCUT2D eigenvalue weighted by atomic mass is 9.87. The van der Waals surface area contributed by atoms with Gasteiger partial charge in [0.25, 0.3) is 0 Å². The first-order valence-electron chi connectivity index (χ1n) is 13.8. The smallest absolute Gasteiger partial charge is 0.320 e. The summed E-state index contributed by atoms with van der Waals surface area (Å²) in [4.78, 5) is 75.0. The molecule has 0 radical (unpaired) electrons. The third kappa shape index (κ3) is 8.66. The normalized spacial score (nSPS) is 25.8. The number of carbonyl (C=O) groups is 6. The highest BCUT2D eigenvalue weighted by Crippen LogP contribution is 2.28. The van der Waals surface area contributed by atoms with Gasteiger partial charge in [0.05, 0.1) is 25.2 Å². The summed E-state index contributed by atoms with van der Waals surface area (Å²) in [6.45, 7) is 1.43. The van der Waals surface area contributed by atoms with Gasteiger partial charge in [-0.1, -0.05) is 6.92 Å². The number of hydrogen-bond donors (Lipinski definition) is 0. The fraction of sp³-hybridized carbons (Fsp3) is 0.778. The fourth-order valence-corrected chi connectivity index (χ4v) is 4.57. The van der Waals surface area contributed by atoms with Crippen LogP contribution in [0.15, 0.2) is 0 Å². The van der Waals surface area contributed by atoms with E-state index >= 15 is 0 Å². The van der Waals surface area contributed by atoms with E-state index in [1.165, 1.54) is 0 Å². The molecule has 0 aromatic rings. The van der Waals surface area contributed by atoms with Gasteiger partial charge in [0, 0.05) is 0 Å². The quantitative estimate of drug-likeness (QED) is 0.220. The van der Waals surface area contributed by atoms with Crippen LogP contribution in [-0.2, 0) is 57.2 Å². The van der Waals surface area contributed by atoms with E-state index in [1.54, 1.807) is 6.92 Å². The van der Waals surface area contributed by atoms with Crippen LogP contribution in [0, 0.1) is 23.2 Å². The van der Waals surface area contributed by atoms with E-state index in [9.17, 15) is 28.8 Å². The Labute approximate surface area is 227 Å². The molecule has 39 heavy (non-hydrogen) atoms. The van der Waals surface area contributed by atoms with Crippen LogP contribution in [0.2, 0.25) is 0 Å². The van der Waals surface area contributed by atoms with Gasteiger partial charge in [0.15, 0.2) is 17.8 Å². The third-order valence-electron chi connectivity index (χ3n) is 7.41. The van der Waals surface area contributed by atoms with Crippen molar-refractivity contribution in [2.45, 2.75) is 71.1 Å². The van der Waals surface area contributed by atoms with Gasteiger partial charge in [0.1, 0.15) is 19.8 Å². The standard InChI is InChI=1S/C27H38O12/c1-2-27(15-37-24(31)18-9-3-6-12-34-21(18)28,16-38-25(32)19-10-4-7-13-35-22(19)29)17-39-26(33)20-11-5-8-14-36-23(20)30/h18-20H,2-17H2,1H3. The molecule has 3 saturated heterocycles. The molecule has 3 rings (SSSR count). The summed E-state index contributed by atoms with van der Waals surface area (Å²) < 4.78 is 31.7. The molecule has 3 atom stereocenters. The molecule has 3 heterocycles. The van der Waals surface area contributed by atoms with Crippen LogP contribution in [0.5, 0.6) is 0 Å².